The van der Waals surface area contributed by atoms with E-state index in [-0.39, 0.29) is 0 Å². The van der Waals surface area contributed by atoms with Crippen LogP contribution < -0.4 is 5.32 Å². The molecule has 5 heteroatoms. The Balaban J connectivity index is 1.83. The lowest BCUT2D eigenvalue weighted by Crippen LogP contribution is -2.16. The van der Waals surface area contributed by atoms with Crippen molar-refractivity contribution < 1.29 is 8.83 Å². The summed E-state index contributed by atoms with van der Waals surface area (Å²) >= 11 is 0. The molecule has 5 nitrogen and oxygen atoms in total. The first-order valence-electron chi connectivity index (χ1n) is 6.80. The molecule has 3 aromatic rings. The van der Waals surface area contributed by atoms with E-state index in [2.05, 4.69) is 35.4 Å². The molecular formula is C15H17N3O2. The first-order valence-corrected chi connectivity index (χ1v) is 6.80. The molecule has 0 atom stereocenters. The highest BCUT2D eigenvalue weighted by Crippen LogP contribution is 2.27. The number of likely N-dealkylation sites (N-methyl/N-ethyl adjacent to an activating group) is 1. The monoisotopic (exact) mass is 271 g/mol. The van der Waals surface area contributed by atoms with Crippen molar-refractivity contribution in [2.75, 3.05) is 13.1 Å². The molecular weight excluding hydrogens is 254 g/mol. The van der Waals surface area contributed by atoms with Gasteiger partial charge in [0, 0.05) is 18.4 Å². The maximum atomic E-state index is 5.74. The minimum atomic E-state index is 0.436. The summed E-state index contributed by atoms with van der Waals surface area (Å²) < 4.78 is 11.4. The van der Waals surface area contributed by atoms with Crippen molar-refractivity contribution >= 4 is 11.0 Å². The van der Waals surface area contributed by atoms with Crippen molar-refractivity contribution in [3.63, 3.8) is 0 Å². The number of nitrogens with zero attached hydrogens (tertiary/aromatic N) is 2. The third kappa shape index (κ3) is 2.58. The van der Waals surface area contributed by atoms with E-state index in [1.165, 1.54) is 5.56 Å². The second-order valence-corrected chi connectivity index (χ2v) is 4.76. The molecule has 3 rings (SSSR count). The maximum absolute atomic E-state index is 5.74. The number of rotatable bonds is 5. The van der Waals surface area contributed by atoms with Gasteiger partial charge in [-0.25, -0.2) is 0 Å². The number of furan rings is 1. The molecule has 104 valence electrons. The summed E-state index contributed by atoms with van der Waals surface area (Å²) in [5, 5.41) is 12.4. The Morgan fingerprint density at radius 2 is 2.05 bits per heavy atom. The van der Waals surface area contributed by atoms with Crippen molar-refractivity contribution in [2.24, 2.45) is 0 Å². The Morgan fingerprint density at radius 1 is 1.15 bits per heavy atom. The Kier molecular flexibility index (Phi) is 3.52. The predicted molar refractivity (Wildman–Crippen MR) is 76.5 cm³/mol. The van der Waals surface area contributed by atoms with E-state index in [4.69, 9.17) is 8.83 Å². The standard InChI is InChI=1S/C15H17N3O2/c1-3-16-7-6-14-17-18-15(20-14)13-9-11-8-10(2)4-5-12(11)19-13/h4-5,8-9,16H,3,6-7H2,1-2H3. The molecule has 1 N–H and O–H groups in total. The smallest absolute Gasteiger partial charge is 0.283 e. The predicted octanol–water partition coefficient (Wildman–Crippen LogP) is 2.94. The zero-order chi connectivity index (χ0) is 13.9. The highest BCUT2D eigenvalue weighted by atomic mass is 16.4. The molecule has 0 unspecified atom stereocenters. The third-order valence-electron chi connectivity index (χ3n) is 3.12. The van der Waals surface area contributed by atoms with Crippen molar-refractivity contribution in [3.8, 4) is 11.7 Å². The number of hydrogen-bond acceptors (Lipinski definition) is 5. The van der Waals surface area contributed by atoms with Gasteiger partial charge in [-0.05, 0) is 31.7 Å². The fourth-order valence-electron chi connectivity index (χ4n) is 2.09. The topological polar surface area (TPSA) is 64.1 Å². The molecule has 20 heavy (non-hydrogen) atoms. The molecule has 0 radical (unpaired) electrons. The molecule has 0 fully saturated rings. The first kappa shape index (κ1) is 12.9. The number of fused-ring (bicyclic) bond motifs is 1. The van der Waals surface area contributed by atoms with Gasteiger partial charge in [-0.15, -0.1) is 10.2 Å². The normalized spacial score (nSPS) is 11.3. The molecule has 0 bridgehead atoms. The highest BCUT2D eigenvalue weighted by Gasteiger charge is 2.13. The summed E-state index contributed by atoms with van der Waals surface area (Å²) in [5.41, 5.74) is 2.03. The highest BCUT2D eigenvalue weighted by molar-refractivity contribution is 5.82. The average molecular weight is 271 g/mol. The second-order valence-electron chi connectivity index (χ2n) is 4.76. The molecule has 2 heterocycles. The fraction of sp³-hybridized carbons (Fsp3) is 0.333. The van der Waals surface area contributed by atoms with Crippen molar-refractivity contribution in [3.05, 3.63) is 35.7 Å². The maximum Gasteiger partial charge on any atom is 0.283 e. The molecule has 1 aromatic carbocycles. The zero-order valence-corrected chi connectivity index (χ0v) is 11.6. The lowest BCUT2D eigenvalue weighted by Gasteiger charge is -1.95. The van der Waals surface area contributed by atoms with E-state index < -0.39 is 0 Å². The van der Waals surface area contributed by atoms with Crippen LogP contribution in [0.25, 0.3) is 22.6 Å². The van der Waals surface area contributed by atoms with E-state index in [9.17, 15) is 0 Å². The molecule has 0 aliphatic carbocycles. The lowest BCUT2D eigenvalue weighted by atomic mass is 10.2. The average Bonchev–Trinajstić information content (AvgIpc) is 3.04. The van der Waals surface area contributed by atoms with Crippen LogP contribution in [0.1, 0.15) is 18.4 Å². The fourth-order valence-corrected chi connectivity index (χ4v) is 2.09. The molecule has 2 aromatic heterocycles. The zero-order valence-electron chi connectivity index (χ0n) is 11.6. The van der Waals surface area contributed by atoms with Gasteiger partial charge in [0.2, 0.25) is 5.89 Å². The van der Waals surface area contributed by atoms with Crippen LogP contribution in [-0.4, -0.2) is 23.3 Å². The number of benzene rings is 1. The van der Waals surface area contributed by atoms with Gasteiger partial charge in [0.15, 0.2) is 5.76 Å². The van der Waals surface area contributed by atoms with E-state index in [0.717, 1.165) is 30.5 Å². The molecule has 0 aliphatic heterocycles. The molecule has 0 amide bonds. The second kappa shape index (κ2) is 5.46. The number of aromatic nitrogens is 2. The van der Waals surface area contributed by atoms with Crippen molar-refractivity contribution in [1.29, 1.82) is 0 Å². The Bertz CT molecular complexity index is 715. The SMILES string of the molecule is CCNCCc1nnc(-c2cc3cc(C)ccc3o2)o1. The summed E-state index contributed by atoms with van der Waals surface area (Å²) in [6.45, 7) is 5.88. The van der Waals surface area contributed by atoms with Crippen molar-refractivity contribution in [1.82, 2.24) is 15.5 Å². The van der Waals surface area contributed by atoms with Gasteiger partial charge in [0.25, 0.3) is 5.89 Å². The lowest BCUT2D eigenvalue weighted by molar-refractivity contribution is 0.480. The van der Waals surface area contributed by atoms with Gasteiger partial charge < -0.3 is 14.2 Å². The van der Waals surface area contributed by atoms with Gasteiger partial charge in [0.05, 0.1) is 0 Å². The van der Waals surface area contributed by atoms with Crippen LogP contribution in [0.2, 0.25) is 0 Å². The molecule has 0 saturated heterocycles. The summed E-state index contributed by atoms with van der Waals surface area (Å²) in [5.74, 6) is 1.68. The van der Waals surface area contributed by atoms with Crippen LogP contribution in [0.15, 0.2) is 33.1 Å². The van der Waals surface area contributed by atoms with Crippen LogP contribution in [-0.2, 0) is 6.42 Å². The van der Waals surface area contributed by atoms with Crippen LogP contribution >= 0.6 is 0 Å². The van der Waals surface area contributed by atoms with E-state index in [1.807, 2.05) is 18.2 Å². The Labute approximate surface area is 117 Å². The van der Waals surface area contributed by atoms with Crippen molar-refractivity contribution in [2.45, 2.75) is 20.3 Å². The van der Waals surface area contributed by atoms with Gasteiger partial charge in [0.1, 0.15) is 5.58 Å². The van der Waals surface area contributed by atoms with Crippen LogP contribution in [0.4, 0.5) is 0 Å². The van der Waals surface area contributed by atoms with Crippen LogP contribution in [0, 0.1) is 6.92 Å². The minimum Gasteiger partial charge on any atom is -0.451 e. The van der Waals surface area contributed by atoms with Gasteiger partial charge in [-0.1, -0.05) is 18.6 Å². The largest absolute Gasteiger partial charge is 0.451 e. The number of hydrogen-bond donors (Lipinski definition) is 1. The first-order chi connectivity index (χ1) is 9.76. The molecule has 0 saturated carbocycles. The van der Waals surface area contributed by atoms with Crippen LogP contribution in [0.5, 0.6) is 0 Å². The third-order valence-corrected chi connectivity index (χ3v) is 3.12. The Hall–Kier alpha value is -2.14. The molecule has 0 aliphatic rings. The van der Waals surface area contributed by atoms with Gasteiger partial charge in [-0.2, -0.15) is 0 Å². The quantitative estimate of drug-likeness (QED) is 0.723. The summed E-state index contributed by atoms with van der Waals surface area (Å²) in [4.78, 5) is 0. The minimum absolute atomic E-state index is 0.436. The number of nitrogens with one attached hydrogen (secondary N) is 1. The van der Waals surface area contributed by atoms with Crippen LogP contribution in [0.3, 0.4) is 0 Å². The van der Waals surface area contributed by atoms with Gasteiger partial charge >= 0.3 is 0 Å². The van der Waals surface area contributed by atoms with E-state index in [0.29, 0.717) is 17.5 Å². The molecule has 0 spiro atoms. The van der Waals surface area contributed by atoms with E-state index >= 15 is 0 Å². The Morgan fingerprint density at radius 3 is 2.90 bits per heavy atom. The van der Waals surface area contributed by atoms with Gasteiger partial charge in [-0.3, -0.25) is 0 Å². The van der Waals surface area contributed by atoms with E-state index in [1.54, 1.807) is 0 Å². The number of aryl methyl sites for hydroxylation is 1. The summed E-state index contributed by atoms with van der Waals surface area (Å²) in [6.07, 6.45) is 0.722. The summed E-state index contributed by atoms with van der Waals surface area (Å²) in [6, 6.07) is 7.98. The summed E-state index contributed by atoms with van der Waals surface area (Å²) in [7, 11) is 0.